The number of benzene rings is 2. The lowest BCUT2D eigenvalue weighted by Crippen LogP contribution is -2.20. The molecule has 0 aromatic heterocycles. The van der Waals surface area contributed by atoms with Crippen LogP contribution >= 0.6 is 23.2 Å². The molecule has 0 unspecified atom stereocenters. The molecular weight excluding hydrogens is 383 g/mol. The molecule has 0 aliphatic carbocycles. The number of anilines is 1. The summed E-state index contributed by atoms with van der Waals surface area (Å²) in [7, 11) is 0. The Balaban J connectivity index is 1.86. The fraction of sp³-hybridized carbons (Fsp3) is 0.0588. The highest BCUT2D eigenvalue weighted by Gasteiger charge is 2.09. The van der Waals surface area contributed by atoms with E-state index in [0.717, 1.165) is 6.08 Å². The van der Waals surface area contributed by atoms with Gasteiger partial charge < -0.3 is 10.1 Å². The molecule has 0 radical (unpaired) electrons. The van der Waals surface area contributed by atoms with E-state index in [9.17, 15) is 19.7 Å². The maximum Gasteiger partial charge on any atom is 0.331 e. The first kappa shape index (κ1) is 19.4. The lowest BCUT2D eigenvalue weighted by molar-refractivity contribution is -0.384. The number of nitrogens with one attached hydrogen (secondary N) is 1. The summed E-state index contributed by atoms with van der Waals surface area (Å²) in [5.74, 6) is -1.34. The van der Waals surface area contributed by atoms with Crippen molar-refractivity contribution in [3.05, 3.63) is 74.3 Å². The zero-order valence-corrected chi connectivity index (χ0v) is 14.7. The van der Waals surface area contributed by atoms with Crippen LogP contribution in [0.1, 0.15) is 5.56 Å². The maximum atomic E-state index is 11.7. The van der Waals surface area contributed by atoms with Gasteiger partial charge in [-0.2, -0.15) is 0 Å². The maximum absolute atomic E-state index is 11.7. The summed E-state index contributed by atoms with van der Waals surface area (Å²) in [6, 6.07) is 10.2. The van der Waals surface area contributed by atoms with Gasteiger partial charge in [-0.1, -0.05) is 29.3 Å². The van der Waals surface area contributed by atoms with Crippen LogP contribution in [0.2, 0.25) is 10.0 Å². The number of nitro groups is 1. The van der Waals surface area contributed by atoms with Crippen LogP contribution in [0.25, 0.3) is 6.08 Å². The van der Waals surface area contributed by atoms with Crippen molar-refractivity contribution in [1.29, 1.82) is 0 Å². The minimum Gasteiger partial charge on any atom is -0.452 e. The zero-order valence-electron chi connectivity index (χ0n) is 13.1. The van der Waals surface area contributed by atoms with Gasteiger partial charge in [-0.05, 0) is 30.3 Å². The Morgan fingerprint density at radius 2 is 1.73 bits per heavy atom. The van der Waals surface area contributed by atoms with E-state index in [2.05, 4.69) is 5.32 Å². The Bertz CT molecular complexity index is 846. The lowest BCUT2D eigenvalue weighted by atomic mass is 10.2. The van der Waals surface area contributed by atoms with E-state index in [-0.39, 0.29) is 5.69 Å². The van der Waals surface area contributed by atoms with Crippen molar-refractivity contribution in [3.8, 4) is 0 Å². The SMILES string of the molecule is O=C(COC(=O)/C=C/c1c(Cl)cccc1Cl)Nc1ccc([N+](=O)[O-])cc1. The summed E-state index contributed by atoms with van der Waals surface area (Å²) in [5, 5.41) is 13.8. The van der Waals surface area contributed by atoms with Gasteiger partial charge in [0.1, 0.15) is 0 Å². The predicted molar refractivity (Wildman–Crippen MR) is 98.2 cm³/mol. The number of halogens is 2. The van der Waals surface area contributed by atoms with Gasteiger partial charge in [0.15, 0.2) is 6.61 Å². The van der Waals surface area contributed by atoms with E-state index in [1.807, 2.05) is 0 Å². The number of hydrogen-bond acceptors (Lipinski definition) is 5. The van der Waals surface area contributed by atoms with Gasteiger partial charge in [0.25, 0.3) is 11.6 Å². The molecular formula is C17H12Cl2N2O5. The summed E-state index contributed by atoms with van der Waals surface area (Å²) < 4.78 is 4.81. The molecule has 0 heterocycles. The molecule has 0 saturated carbocycles. The number of carbonyl (C=O) groups excluding carboxylic acids is 2. The van der Waals surface area contributed by atoms with E-state index >= 15 is 0 Å². The number of nitro benzene ring substituents is 1. The van der Waals surface area contributed by atoms with Crippen LogP contribution in [0.3, 0.4) is 0 Å². The molecule has 9 heteroatoms. The predicted octanol–water partition coefficient (Wildman–Crippen LogP) is 4.10. The van der Waals surface area contributed by atoms with Crippen molar-refractivity contribution in [1.82, 2.24) is 0 Å². The number of nitrogens with zero attached hydrogens (tertiary/aromatic N) is 1. The van der Waals surface area contributed by atoms with Crippen molar-refractivity contribution in [3.63, 3.8) is 0 Å². The van der Waals surface area contributed by atoms with E-state index < -0.39 is 23.4 Å². The Hall–Kier alpha value is -2.90. The topological polar surface area (TPSA) is 98.5 Å². The number of rotatable bonds is 6. The van der Waals surface area contributed by atoms with Crippen molar-refractivity contribution in [2.45, 2.75) is 0 Å². The van der Waals surface area contributed by atoms with Crippen LogP contribution in [0.15, 0.2) is 48.5 Å². The molecule has 2 rings (SSSR count). The van der Waals surface area contributed by atoms with Crippen LogP contribution in [-0.4, -0.2) is 23.4 Å². The van der Waals surface area contributed by atoms with E-state index in [4.69, 9.17) is 27.9 Å². The molecule has 0 atom stereocenters. The number of carbonyl (C=O) groups is 2. The summed E-state index contributed by atoms with van der Waals surface area (Å²) in [6.45, 7) is -0.517. The van der Waals surface area contributed by atoms with E-state index in [1.54, 1.807) is 18.2 Å². The molecule has 0 fully saturated rings. The lowest BCUT2D eigenvalue weighted by Gasteiger charge is -2.05. The Labute approximate surface area is 158 Å². The highest BCUT2D eigenvalue weighted by molar-refractivity contribution is 6.37. The third-order valence-electron chi connectivity index (χ3n) is 3.09. The molecule has 0 bridgehead atoms. The first-order valence-electron chi connectivity index (χ1n) is 7.20. The first-order chi connectivity index (χ1) is 12.4. The molecule has 2 aromatic carbocycles. The molecule has 1 amide bonds. The minimum atomic E-state index is -0.750. The molecule has 1 N–H and O–H groups in total. The van der Waals surface area contributed by atoms with Gasteiger partial charge in [0.2, 0.25) is 0 Å². The van der Waals surface area contributed by atoms with Crippen molar-refractivity contribution in [2.24, 2.45) is 0 Å². The highest BCUT2D eigenvalue weighted by Crippen LogP contribution is 2.25. The van der Waals surface area contributed by atoms with Crippen molar-refractivity contribution >= 4 is 52.5 Å². The van der Waals surface area contributed by atoms with Gasteiger partial charge in [0.05, 0.1) is 4.92 Å². The average molecular weight is 395 g/mol. The average Bonchev–Trinajstić information content (AvgIpc) is 2.60. The summed E-state index contributed by atoms with van der Waals surface area (Å²) in [5.41, 5.74) is 0.705. The van der Waals surface area contributed by atoms with Gasteiger partial charge in [-0.3, -0.25) is 14.9 Å². The standard InChI is InChI=1S/C17H12Cl2N2O5/c18-14-2-1-3-15(19)13(14)8-9-17(23)26-10-16(22)20-11-4-6-12(7-5-11)21(24)25/h1-9H,10H2,(H,20,22)/b9-8+. The van der Waals surface area contributed by atoms with Crippen LogP contribution in [0, 0.1) is 10.1 Å². The second kappa shape index (κ2) is 8.98. The van der Waals surface area contributed by atoms with E-state index in [0.29, 0.717) is 21.3 Å². The van der Waals surface area contributed by atoms with Crippen LogP contribution in [0.4, 0.5) is 11.4 Å². The molecule has 0 aliphatic heterocycles. The summed E-state index contributed by atoms with van der Waals surface area (Å²) in [6.07, 6.45) is 2.49. The Kier molecular flexibility index (Phi) is 6.71. The first-order valence-corrected chi connectivity index (χ1v) is 7.95. The van der Waals surface area contributed by atoms with Gasteiger partial charge in [0, 0.05) is 39.5 Å². The normalized spacial score (nSPS) is 10.5. The molecule has 0 saturated heterocycles. The third-order valence-corrected chi connectivity index (χ3v) is 3.75. The van der Waals surface area contributed by atoms with E-state index in [1.165, 1.54) is 30.3 Å². The molecule has 7 nitrogen and oxygen atoms in total. The Morgan fingerprint density at radius 1 is 1.12 bits per heavy atom. The summed E-state index contributed by atoms with van der Waals surface area (Å²) >= 11 is 11.9. The fourth-order valence-electron chi connectivity index (χ4n) is 1.87. The monoisotopic (exact) mass is 394 g/mol. The smallest absolute Gasteiger partial charge is 0.331 e. The van der Waals surface area contributed by atoms with Crippen LogP contribution in [-0.2, 0) is 14.3 Å². The number of ether oxygens (including phenoxy) is 1. The quantitative estimate of drug-likeness (QED) is 0.344. The third kappa shape index (κ3) is 5.58. The Morgan fingerprint density at radius 3 is 2.31 bits per heavy atom. The number of hydrogen-bond donors (Lipinski definition) is 1. The van der Waals surface area contributed by atoms with Crippen LogP contribution in [0.5, 0.6) is 0 Å². The molecule has 0 spiro atoms. The fourth-order valence-corrected chi connectivity index (χ4v) is 2.39. The highest BCUT2D eigenvalue weighted by atomic mass is 35.5. The summed E-state index contributed by atoms with van der Waals surface area (Å²) in [4.78, 5) is 33.4. The minimum absolute atomic E-state index is 0.0993. The largest absolute Gasteiger partial charge is 0.452 e. The molecule has 134 valence electrons. The zero-order chi connectivity index (χ0) is 19.1. The van der Waals surface area contributed by atoms with Crippen molar-refractivity contribution in [2.75, 3.05) is 11.9 Å². The number of amides is 1. The second-order valence-electron chi connectivity index (χ2n) is 4.93. The number of non-ortho nitro benzene ring substituents is 1. The van der Waals surface area contributed by atoms with Gasteiger partial charge >= 0.3 is 5.97 Å². The second-order valence-corrected chi connectivity index (χ2v) is 5.74. The molecule has 2 aromatic rings. The van der Waals surface area contributed by atoms with Gasteiger partial charge in [-0.15, -0.1) is 0 Å². The molecule has 0 aliphatic rings. The van der Waals surface area contributed by atoms with Crippen LogP contribution < -0.4 is 5.32 Å². The molecule has 26 heavy (non-hydrogen) atoms. The van der Waals surface area contributed by atoms with Crippen molar-refractivity contribution < 1.29 is 19.2 Å². The number of esters is 1. The van der Waals surface area contributed by atoms with Gasteiger partial charge in [-0.25, -0.2) is 4.79 Å².